The summed E-state index contributed by atoms with van der Waals surface area (Å²) in [6, 6.07) is 0.688. The van der Waals surface area contributed by atoms with E-state index < -0.39 is 5.60 Å². The predicted molar refractivity (Wildman–Crippen MR) is 84.5 cm³/mol. The molecule has 1 amide bonds. The van der Waals surface area contributed by atoms with Gasteiger partial charge in [-0.05, 0) is 40.5 Å². The summed E-state index contributed by atoms with van der Waals surface area (Å²) in [6.45, 7) is 8.44. The minimum Gasteiger partial charge on any atom is -0.444 e. The summed E-state index contributed by atoms with van der Waals surface area (Å²) in [7, 11) is 1.71. The molecule has 0 heterocycles. The Hall–Kier alpha value is -0.810. The molecule has 21 heavy (non-hydrogen) atoms. The Labute approximate surface area is 129 Å². The second kappa shape index (κ2) is 8.59. The molecule has 0 aromatic carbocycles. The lowest BCUT2D eigenvalue weighted by Gasteiger charge is -2.30. The van der Waals surface area contributed by atoms with Crippen LogP contribution in [-0.2, 0) is 9.47 Å². The number of nitrogens with one attached hydrogen (secondary N) is 2. The van der Waals surface area contributed by atoms with Gasteiger partial charge in [-0.1, -0.05) is 19.3 Å². The van der Waals surface area contributed by atoms with Crippen molar-refractivity contribution in [1.29, 1.82) is 0 Å². The van der Waals surface area contributed by atoms with Crippen molar-refractivity contribution in [2.24, 2.45) is 0 Å². The van der Waals surface area contributed by atoms with E-state index in [0.29, 0.717) is 6.61 Å². The largest absolute Gasteiger partial charge is 0.444 e. The van der Waals surface area contributed by atoms with Crippen LogP contribution in [0, 0.1) is 0 Å². The molecule has 3 atom stereocenters. The molecule has 0 spiro atoms. The van der Waals surface area contributed by atoms with E-state index in [0.717, 1.165) is 19.3 Å². The quantitative estimate of drug-likeness (QED) is 0.767. The summed E-state index contributed by atoms with van der Waals surface area (Å²) in [5.41, 5.74) is -0.457. The second-order valence-corrected chi connectivity index (χ2v) is 7.02. The average Bonchev–Trinajstić information content (AvgIpc) is 2.53. The number of hydrogen-bond acceptors (Lipinski definition) is 4. The van der Waals surface area contributed by atoms with Crippen molar-refractivity contribution in [3.63, 3.8) is 0 Å². The van der Waals surface area contributed by atoms with E-state index in [1.54, 1.807) is 7.11 Å². The van der Waals surface area contributed by atoms with Gasteiger partial charge in [0.25, 0.3) is 0 Å². The van der Waals surface area contributed by atoms with Crippen LogP contribution in [0.25, 0.3) is 0 Å². The Bertz CT molecular complexity index is 315. The van der Waals surface area contributed by atoms with Gasteiger partial charge < -0.3 is 20.1 Å². The average molecular weight is 300 g/mol. The lowest BCUT2D eigenvalue weighted by atomic mass is 10.0. The van der Waals surface area contributed by atoms with Crippen molar-refractivity contribution < 1.29 is 14.3 Å². The molecule has 1 saturated carbocycles. The topological polar surface area (TPSA) is 59.6 Å². The molecule has 0 aromatic heterocycles. The van der Waals surface area contributed by atoms with Crippen LogP contribution in [0.3, 0.4) is 0 Å². The zero-order valence-electron chi connectivity index (χ0n) is 14.2. The molecule has 3 unspecified atom stereocenters. The molecule has 0 bridgehead atoms. The molecule has 1 aliphatic rings. The van der Waals surface area contributed by atoms with E-state index in [-0.39, 0.29) is 24.2 Å². The summed E-state index contributed by atoms with van der Waals surface area (Å²) in [4.78, 5) is 12.0. The van der Waals surface area contributed by atoms with E-state index in [2.05, 4.69) is 17.6 Å². The maximum Gasteiger partial charge on any atom is 0.407 e. The lowest BCUT2D eigenvalue weighted by molar-refractivity contribution is 0.0486. The van der Waals surface area contributed by atoms with Gasteiger partial charge in [-0.15, -0.1) is 0 Å². The van der Waals surface area contributed by atoms with Crippen molar-refractivity contribution in [2.45, 2.75) is 83.5 Å². The number of rotatable bonds is 5. The monoisotopic (exact) mass is 300 g/mol. The number of amides is 1. The SMILES string of the molecule is COCC(C)NC1CCCCCC1NC(=O)OC(C)(C)C. The van der Waals surface area contributed by atoms with E-state index >= 15 is 0 Å². The van der Waals surface area contributed by atoms with Gasteiger partial charge in [0.2, 0.25) is 0 Å². The molecular formula is C16H32N2O3. The van der Waals surface area contributed by atoms with Gasteiger partial charge in [0.1, 0.15) is 5.60 Å². The molecule has 0 radical (unpaired) electrons. The molecule has 124 valence electrons. The highest BCUT2D eigenvalue weighted by Gasteiger charge is 2.28. The summed E-state index contributed by atoms with van der Waals surface area (Å²) in [6.07, 6.45) is 5.33. The molecule has 0 saturated heterocycles. The van der Waals surface area contributed by atoms with Crippen LogP contribution in [-0.4, -0.2) is 43.5 Å². The Kier molecular flexibility index (Phi) is 7.46. The van der Waals surface area contributed by atoms with Crippen LogP contribution in [0.1, 0.15) is 59.8 Å². The number of carbonyl (C=O) groups is 1. The third-order valence-electron chi connectivity index (χ3n) is 3.63. The van der Waals surface area contributed by atoms with E-state index in [1.165, 1.54) is 12.8 Å². The van der Waals surface area contributed by atoms with Gasteiger partial charge in [0.05, 0.1) is 6.61 Å². The number of ether oxygens (including phenoxy) is 2. The van der Waals surface area contributed by atoms with Crippen LogP contribution < -0.4 is 10.6 Å². The van der Waals surface area contributed by atoms with E-state index in [1.807, 2.05) is 20.8 Å². The fourth-order valence-electron chi connectivity index (χ4n) is 2.80. The Morgan fingerprint density at radius 1 is 1.19 bits per heavy atom. The maximum absolute atomic E-state index is 12.0. The van der Waals surface area contributed by atoms with Gasteiger partial charge in [0.15, 0.2) is 0 Å². The van der Waals surface area contributed by atoms with Crippen molar-refractivity contribution in [3.05, 3.63) is 0 Å². The van der Waals surface area contributed by atoms with Crippen molar-refractivity contribution >= 4 is 6.09 Å². The predicted octanol–water partition coefficient (Wildman–Crippen LogP) is 2.84. The van der Waals surface area contributed by atoms with Crippen molar-refractivity contribution in [1.82, 2.24) is 10.6 Å². The summed E-state index contributed by atoms with van der Waals surface area (Å²) < 4.78 is 10.6. The second-order valence-electron chi connectivity index (χ2n) is 7.02. The summed E-state index contributed by atoms with van der Waals surface area (Å²) in [5.74, 6) is 0. The van der Waals surface area contributed by atoms with Gasteiger partial charge >= 0.3 is 6.09 Å². The first kappa shape index (κ1) is 18.2. The molecule has 1 rings (SSSR count). The molecule has 1 fully saturated rings. The van der Waals surface area contributed by atoms with Gasteiger partial charge in [0, 0.05) is 25.2 Å². The highest BCUT2D eigenvalue weighted by Crippen LogP contribution is 2.19. The van der Waals surface area contributed by atoms with Crippen LogP contribution in [0.4, 0.5) is 4.79 Å². The molecule has 0 aliphatic heterocycles. The summed E-state index contributed by atoms with van der Waals surface area (Å²) in [5, 5.41) is 6.63. The molecule has 2 N–H and O–H groups in total. The Balaban J connectivity index is 2.58. The zero-order chi connectivity index (χ0) is 15.9. The first-order valence-electron chi connectivity index (χ1n) is 8.06. The van der Waals surface area contributed by atoms with Gasteiger partial charge in [-0.25, -0.2) is 4.79 Å². The third kappa shape index (κ3) is 7.67. The Morgan fingerprint density at radius 3 is 2.38 bits per heavy atom. The highest BCUT2D eigenvalue weighted by atomic mass is 16.6. The van der Waals surface area contributed by atoms with Crippen molar-refractivity contribution in [2.75, 3.05) is 13.7 Å². The van der Waals surface area contributed by atoms with Crippen LogP contribution in [0.5, 0.6) is 0 Å². The smallest absolute Gasteiger partial charge is 0.407 e. The van der Waals surface area contributed by atoms with Crippen LogP contribution in [0.15, 0.2) is 0 Å². The molecule has 1 aliphatic carbocycles. The lowest BCUT2D eigenvalue weighted by Crippen LogP contribution is -2.53. The summed E-state index contributed by atoms with van der Waals surface area (Å²) >= 11 is 0. The first-order chi connectivity index (χ1) is 9.81. The standard InChI is InChI=1S/C16H32N2O3/c1-12(11-20-5)17-13-9-7-6-8-10-14(13)18-15(19)21-16(2,3)4/h12-14,17H,6-11H2,1-5H3,(H,18,19). The Morgan fingerprint density at radius 2 is 1.81 bits per heavy atom. The third-order valence-corrected chi connectivity index (χ3v) is 3.63. The molecule has 0 aromatic rings. The van der Waals surface area contributed by atoms with E-state index in [9.17, 15) is 4.79 Å². The van der Waals surface area contributed by atoms with Crippen LogP contribution >= 0.6 is 0 Å². The number of methoxy groups -OCH3 is 1. The number of alkyl carbamates (subject to hydrolysis) is 1. The fraction of sp³-hybridized carbons (Fsp3) is 0.938. The number of carbonyl (C=O) groups excluding carboxylic acids is 1. The van der Waals surface area contributed by atoms with Gasteiger partial charge in [-0.3, -0.25) is 0 Å². The number of hydrogen-bond donors (Lipinski definition) is 2. The molecular weight excluding hydrogens is 268 g/mol. The molecule has 5 nitrogen and oxygen atoms in total. The zero-order valence-corrected chi connectivity index (χ0v) is 14.2. The highest BCUT2D eigenvalue weighted by molar-refractivity contribution is 5.68. The fourth-order valence-corrected chi connectivity index (χ4v) is 2.80. The van der Waals surface area contributed by atoms with Gasteiger partial charge in [-0.2, -0.15) is 0 Å². The normalized spacial score (nSPS) is 25.0. The minimum atomic E-state index is -0.457. The molecule has 5 heteroatoms. The maximum atomic E-state index is 12.0. The van der Waals surface area contributed by atoms with Crippen LogP contribution in [0.2, 0.25) is 0 Å². The van der Waals surface area contributed by atoms with E-state index in [4.69, 9.17) is 9.47 Å². The first-order valence-corrected chi connectivity index (χ1v) is 8.06. The van der Waals surface area contributed by atoms with Crippen molar-refractivity contribution in [3.8, 4) is 0 Å². The minimum absolute atomic E-state index is 0.127.